The molecule has 0 spiro atoms. The molecule has 4 rings (SSSR count). The topological polar surface area (TPSA) is 214 Å². The van der Waals surface area contributed by atoms with E-state index in [4.69, 9.17) is 23.7 Å². The van der Waals surface area contributed by atoms with Crippen LogP contribution in [0.3, 0.4) is 0 Å². The minimum Gasteiger partial charge on any atom is -0.479 e. The lowest BCUT2D eigenvalue weighted by Crippen LogP contribution is -2.67. The molecule has 14 heteroatoms. The molecule has 46 heavy (non-hydrogen) atoms. The second kappa shape index (κ2) is 16.8. The van der Waals surface area contributed by atoms with Crippen molar-refractivity contribution in [3.05, 3.63) is 0 Å². The Bertz CT molecular complexity index is 982. The number of aliphatic hydroxyl groups excluding tert-OH is 5. The maximum Gasteiger partial charge on any atom is 0.332 e. The molecule has 2 heterocycles. The van der Waals surface area contributed by atoms with Crippen molar-refractivity contribution in [3.8, 4) is 0 Å². The van der Waals surface area contributed by atoms with E-state index in [2.05, 4.69) is 12.2 Å². The average molecular weight is 662 g/mol. The summed E-state index contributed by atoms with van der Waals surface area (Å²) in [5, 5.41) is 65.5. The zero-order chi connectivity index (χ0) is 33.7. The smallest absolute Gasteiger partial charge is 0.332 e. The summed E-state index contributed by atoms with van der Waals surface area (Å²) in [5.74, 6) is -1.40. The van der Waals surface area contributed by atoms with Crippen molar-refractivity contribution >= 4 is 11.9 Å². The summed E-state index contributed by atoms with van der Waals surface area (Å²) in [5.41, 5.74) is 0. The first-order valence-electron chi connectivity index (χ1n) is 16.9. The van der Waals surface area contributed by atoms with Crippen molar-refractivity contribution in [3.63, 3.8) is 0 Å². The van der Waals surface area contributed by atoms with Crippen LogP contribution in [0, 0.1) is 17.8 Å². The highest BCUT2D eigenvalue weighted by Gasteiger charge is 2.52. The molecular weight excluding hydrogens is 606 g/mol. The second-order valence-corrected chi connectivity index (χ2v) is 13.8. The highest BCUT2D eigenvalue weighted by molar-refractivity contribution is 5.73. The molecule has 6 unspecified atom stereocenters. The molecule has 0 aromatic heterocycles. The van der Waals surface area contributed by atoms with Gasteiger partial charge in [0, 0.05) is 6.92 Å². The number of carbonyl (C=O) groups is 2. The van der Waals surface area contributed by atoms with Crippen LogP contribution in [-0.2, 0) is 33.3 Å². The van der Waals surface area contributed by atoms with Crippen molar-refractivity contribution in [2.45, 2.75) is 165 Å². The van der Waals surface area contributed by atoms with E-state index in [-0.39, 0.29) is 24.2 Å². The minimum atomic E-state index is -1.52. The van der Waals surface area contributed by atoms with Crippen LogP contribution in [-0.4, -0.2) is 129 Å². The van der Waals surface area contributed by atoms with Crippen LogP contribution in [0.4, 0.5) is 0 Å². The quantitative estimate of drug-likeness (QED) is 0.151. The Hall–Kier alpha value is -1.46. The molecule has 2 saturated heterocycles. The van der Waals surface area contributed by atoms with Gasteiger partial charge < -0.3 is 59.6 Å². The Balaban J connectivity index is 1.60. The second-order valence-electron chi connectivity index (χ2n) is 13.8. The molecule has 4 fully saturated rings. The lowest BCUT2D eigenvalue weighted by molar-refractivity contribution is -0.339. The fourth-order valence-corrected chi connectivity index (χ4v) is 7.63. The Morgan fingerprint density at radius 2 is 1.59 bits per heavy atom. The van der Waals surface area contributed by atoms with Crippen molar-refractivity contribution in [1.82, 2.24) is 5.32 Å². The molecular formula is C32H55NO13. The summed E-state index contributed by atoms with van der Waals surface area (Å²) in [7, 11) is 0. The molecule has 0 aromatic rings. The van der Waals surface area contributed by atoms with Crippen molar-refractivity contribution in [2.75, 3.05) is 6.61 Å². The van der Waals surface area contributed by atoms with Gasteiger partial charge in [-0.1, -0.05) is 52.4 Å². The van der Waals surface area contributed by atoms with E-state index >= 15 is 0 Å². The molecule has 2 aliphatic heterocycles. The summed E-state index contributed by atoms with van der Waals surface area (Å²) in [6.07, 6.45) is -7.15. The van der Waals surface area contributed by atoms with Gasteiger partial charge in [0.15, 0.2) is 18.7 Å². The summed E-state index contributed by atoms with van der Waals surface area (Å²) in [6.45, 7) is 6.28. The number of hydrogen-bond donors (Lipinski definition) is 7. The molecule has 0 radical (unpaired) electrons. The number of carbonyl (C=O) groups excluding carboxylic acids is 1. The molecule has 266 valence electrons. The van der Waals surface area contributed by atoms with Gasteiger partial charge in [-0.15, -0.1) is 0 Å². The van der Waals surface area contributed by atoms with E-state index < -0.39 is 98.1 Å². The summed E-state index contributed by atoms with van der Waals surface area (Å²) in [6, 6.07) is -1.14. The third-order valence-corrected chi connectivity index (χ3v) is 10.2. The van der Waals surface area contributed by atoms with E-state index in [1.165, 1.54) is 6.92 Å². The molecule has 1 amide bonds. The first-order chi connectivity index (χ1) is 21.8. The Labute approximate surface area is 270 Å². The summed E-state index contributed by atoms with van der Waals surface area (Å²) in [4.78, 5) is 24.8. The van der Waals surface area contributed by atoms with E-state index in [9.17, 15) is 40.2 Å². The standard InChI is InChI=1S/C32H55NO13/c1-5-19-11-15(2)12-20(28(19)46-32-27(39)26(38)24(36)16(3)42-32)44-31-23(33-17(4)35)29(25(37)22(14-34)45-31)43-21(30(40)41)13-18-9-7-6-8-10-18/h15-16,18-29,31-32,34,36-39H,5-14H2,1-4H3,(H,33,35)(H,40,41)/t15?,16?,19?,20-,21+,22+,23?,24-,25+,26+,27?,28-,29?,31-,32+/m1/s1. The lowest BCUT2D eigenvalue weighted by atomic mass is 9.77. The predicted molar refractivity (Wildman–Crippen MR) is 161 cm³/mol. The van der Waals surface area contributed by atoms with Crippen LogP contribution >= 0.6 is 0 Å². The Morgan fingerprint density at radius 1 is 0.891 bits per heavy atom. The highest BCUT2D eigenvalue weighted by Crippen LogP contribution is 2.39. The van der Waals surface area contributed by atoms with Gasteiger partial charge in [-0.3, -0.25) is 4.79 Å². The van der Waals surface area contributed by atoms with Gasteiger partial charge in [0.05, 0.1) is 24.9 Å². The number of carboxylic acid groups (broad SMARTS) is 1. The van der Waals surface area contributed by atoms with Crippen LogP contribution in [0.1, 0.15) is 85.5 Å². The van der Waals surface area contributed by atoms with E-state index in [1.807, 2.05) is 6.92 Å². The molecule has 4 aliphatic rings. The zero-order valence-corrected chi connectivity index (χ0v) is 27.3. The number of amides is 1. The Kier molecular flexibility index (Phi) is 13.6. The average Bonchev–Trinajstić information content (AvgIpc) is 3.02. The van der Waals surface area contributed by atoms with Crippen LogP contribution in [0.25, 0.3) is 0 Å². The van der Waals surface area contributed by atoms with Crippen LogP contribution < -0.4 is 5.32 Å². The Morgan fingerprint density at radius 3 is 2.20 bits per heavy atom. The number of aliphatic carboxylic acids is 1. The van der Waals surface area contributed by atoms with Gasteiger partial charge in [0.25, 0.3) is 0 Å². The normalized spacial score (nSPS) is 43.2. The number of carboxylic acids is 1. The maximum atomic E-state index is 12.5. The fourth-order valence-electron chi connectivity index (χ4n) is 7.63. The summed E-state index contributed by atoms with van der Waals surface area (Å²) < 4.78 is 30.8. The van der Waals surface area contributed by atoms with E-state index in [0.29, 0.717) is 12.8 Å². The van der Waals surface area contributed by atoms with Gasteiger partial charge in [0.2, 0.25) is 5.91 Å². The number of ether oxygens (including phenoxy) is 5. The number of hydrogen-bond acceptors (Lipinski definition) is 12. The van der Waals surface area contributed by atoms with Crippen molar-refractivity contribution in [1.29, 1.82) is 0 Å². The van der Waals surface area contributed by atoms with E-state index in [1.54, 1.807) is 6.92 Å². The van der Waals surface area contributed by atoms with Gasteiger partial charge in [-0.05, 0) is 43.9 Å². The molecule has 2 aliphatic carbocycles. The first kappa shape index (κ1) is 37.4. The van der Waals surface area contributed by atoms with Gasteiger partial charge in [0.1, 0.15) is 42.7 Å². The highest BCUT2D eigenvalue weighted by atomic mass is 16.7. The third kappa shape index (κ3) is 8.95. The van der Waals surface area contributed by atoms with Crippen LogP contribution in [0.5, 0.6) is 0 Å². The molecule has 7 N–H and O–H groups in total. The van der Waals surface area contributed by atoms with Crippen LogP contribution in [0.2, 0.25) is 0 Å². The van der Waals surface area contributed by atoms with Crippen LogP contribution in [0.15, 0.2) is 0 Å². The molecule has 0 bridgehead atoms. The number of aliphatic hydroxyl groups is 5. The SMILES string of the molecule is CCC1CC(C)C[C@@H](O[C@@H]2O[C@@H](CO)[C@H](O)C(O[C@@H](CC3CCCCC3)C(=O)O)C2NC(C)=O)[C@@H]1O[C@@H]1OC(C)[C@@H](O)[C@H](O)C1O. The maximum absolute atomic E-state index is 12.5. The van der Waals surface area contributed by atoms with Gasteiger partial charge in [-0.25, -0.2) is 4.79 Å². The monoisotopic (exact) mass is 661 g/mol. The van der Waals surface area contributed by atoms with Crippen molar-refractivity contribution < 1.29 is 63.9 Å². The molecule has 14 nitrogen and oxygen atoms in total. The number of rotatable bonds is 12. The zero-order valence-electron chi connectivity index (χ0n) is 27.3. The summed E-state index contributed by atoms with van der Waals surface area (Å²) >= 11 is 0. The third-order valence-electron chi connectivity index (χ3n) is 10.2. The number of nitrogens with one attached hydrogen (secondary N) is 1. The van der Waals surface area contributed by atoms with Gasteiger partial charge in [-0.2, -0.15) is 0 Å². The van der Waals surface area contributed by atoms with Crippen molar-refractivity contribution in [2.24, 2.45) is 17.8 Å². The minimum absolute atomic E-state index is 0.0650. The molecule has 2 saturated carbocycles. The largest absolute Gasteiger partial charge is 0.479 e. The van der Waals surface area contributed by atoms with Gasteiger partial charge >= 0.3 is 5.97 Å². The molecule has 0 aromatic carbocycles. The van der Waals surface area contributed by atoms with E-state index in [0.717, 1.165) is 38.5 Å². The molecule has 15 atom stereocenters. The first-order valence-corrected chi connectivity index (χ1v) is 16.9. The predicted octanol–water partition coefficient (Wildman–Crippen LogP) is 0.432. The lowest BCUT2D eigenvalue weighted by Gasteiger charge is -2.49. The fraction of sp³-hybridized carbons (Fsp3) is 0.938.